The summed E-state index contributed by atoms with van der Waals surface area (Å²) in [7, 11) is -0.608. The van der Waals surface area contributed by atoms with Crippen LogP contribution in [0.2, 0.25) is 0 Å². The zero-order chi connectivity index (χ0) is 14.2. The quantitative estimate of drug-likeness (QED) is 0.826. The van der Waals surface area contributed by atoms with Crippen molar-refractivity contribution in [1.29, 1.82) is 0 Å². The van der Waals surface area contributed by atoms with Crippen LogP contribution in [0.5, 0.6) is 0 Å². The van der Waals surface area contributed by atoms with Gasteiger partial charge in [-0.15, -0.1) is 0 Å². The first-order valence-electron chi connectivity index (χ1n) is 8.95. The molecule has 0 saturated heterocycles. The molecule has 0 aromatic rings. The van der Waals surface area contributed by atoms with E-state index in [1.165, 1.54) is 77.0 Å². The van der Waals surface area contributed by atoms with E-state index in [4.69, 9.17) is 0 Å². The minimum Gasteiger partial charge on any atom is -0.313 e. The molecule has 2 nitrogen and oxygen atoms in total. The fourth-order valence-electron chi connectivity index (χ4n) is 3.84. The molecule has 2 fully saturated rings. The predicted octanol–water partition coefficient (Wildman–Crippen LogP) is 4.16. The molecular formula is C17H33NOS. The van der Waals surface area contributed by atoms with E-state index in [1.807, 2.05) is 0 Å². The molecule has 0 bridgehead atoms. The summed E-state index contributed by atoms with van der Waals surface area (Å²) in [5.74, 6) is 0. The van der Waals surface area contributed by atoms with Crippen molar-refractivity contribution in [3.8, 4) is 0 Å². The second kappa shape index (κ2) is 9.19. The largest absolute Gasteiger partial charge is 0.313 e. The average Bonchev–Trinajstić information content (AvgIpc) is 2.47. The van der Waals surface area contributed by atoms with Crippen LogP contribution in [0, 0.1) is 0 Å². The van der Waals surface area contributed by atoms with Crippen LogP contribution in [0.3, 0.4) is 0 Å². The van der Waals surface area contributed by atoms with E-state index < -0.39 is 10.8 Å². The summed E-state index contributed by atoms with van der Waals surface area (Å²) in [6.45, 7) is 3.31. The predicted molar refractivity (Wildman–Crippen MR) is 88.6 cm³/mol. The lowest BCUT2D eigenvalue weighted by atomic mass is 9.96. The van der Waals surface area contributed by atoms with Crippen LogP contribution < -0.4 is 5.32 Å². The summed E-state index contributed by atoms with van der Waals surface area (Å²) in [5, 5.41) is 4.64. The van der Waals surface area contributed by atoms with Crippen LogP contribution in [-0.4, -0.2) is 27.3 Å². The van der Waals surface area contributed by atoms with E-state index in [2.05, 4.69) is 12.2 Å². The second-order valence-corrected chi connectivity index (χ2v) is 8.61. The zero-order valence-electron chi connectivity index (χ0n) is 13.2. The Kier molecular flexibility index (Phi) is 7.58. The Morgan fingerprint density at radius 1 is 0.900 bits per heavy atom. The molecule has 2 saturated carbocycles. The second-order valence-electron chi connectivity index (χ2n) is 6.68. The van der Waals surface area contributed by atoms with Gasteiger partial charge in [-0.25, -0.2) is 0 Å². The van der Waals surface area contributed by atoms with Gasteiger partial charge < -0.3 is 5.32 Å². The highest BCUT2D eigenvalue weighted by Crippen LogP contribution is 2.29. The van der Waals surface area contributed by atoms with Gasteiger partial charge in [-0.1, -0.05) is 51.9 Å². The van der Waals surface area contributed by atoms with Gasteiger partial charge in [0, 0.05) is 22.1 Å². The number of rotatable bonds is 5. The molecule has 0 aliphatic heterocycles. The van der Waals surface area contributed by atoms with Gasteiger partial charge in [-0.3, -0.25) is 4.21 Å². The van der Waals surface area contributed by atoms with Crippen LogP contribution >= 0.6 is 0 Å². The maximum Gasteiger partial charge on any atom is 0.0504 e. The lowest BCUT2D eigenvalue weighted by Crippen LogP contribution is -2.45. The third-order valence-electron chi connectivity index (χ3n) is 5.04. The Balaban J connectivity index is 1.98. The Morgan fingerprint density at radius 3 is 2.20 bits per heavy atom. The maximum atomic E-state index is 13.1. The Morgan fingerprint density at radius 2 is 1.50 bits per heavy atom. The van der Waals surface area contributed by atoms with Crippen LogP contribution in [0.4, 0.5) is 0 Å². The van der Waals surface area contributed by atoms with E-state index in [-0.39, 0.29) is 0 Å². The highest BCUT2D eigenvalue weighted by molar-refractivity contribution is 7.86. The normalized spacial score (nSPS) is 31.4. The maximum absolute atomic E-state index is 13.1. The van der Waals surface area contributed by atoms with Crippen molar-refractivity contribution in [3.63, 3.8) is 0 Å². The molecule has 0 aromatic heterocycles. The van der Waals surface area contributed by atoms with Crippen molar-refractivity contribution in [2.75, 3.05) is 6.54 Å². The zero-order valence-corrected chi connectivity index (χ0v) is 14.1. The number of hydrogen-bond donors (Lipinski definition) is 1. The third kappa shape index (κ3) is 4.84. The Labute approximate surface area is 127 Å². The average molecular weight is 300 g/mol. The number of nitrogens with one attached hydrogen (secondary N) is 1. The van der Waals surface area contributed by atoms with Gasteiger partial charge in [0.25, 0.3) is 0 Å². The van der Waals surface area contributed by atoms with Crippen LogP contribution in [0.25, 0.3) is 0 Å². The van der Waals surface area contributed by atoms with Crippen molar-refractivity contribution >= 4 is 10.8 Å². The first-order chi connectivity index (χ1) is 9.83. The summed E-state index contributed by atoms with van der Waals surface area (Å²) in [6.07, 6.45) is 15.3. The van der Waals surface area contributed by atoms with Crippen molar-refractivity contribution in [1.82, 2.24) is 5.32 Å². The topological polar surface area (TPSA) is 29.1 Å². The smallest absolute Gasteiger partial charge is 0.0504 e. The van der Waals surface area contributed by atoms with Gasteiger partial charge >= 0.3 is 0 Å². The highest BCUT2D eigenvalue weighted by atomic mass is 32.2. The summed E-state index contributed by atoms with van der Waals surface area (Å²) in [6, 6.07) is 0.512. The van der Waals surface area contributed by atoms with E-state index >= 15 is 0 Å². The summed E-state index contributed by atoms with van der Waals surface area (Å²) in [5.41, 5.74) is 0. The van der Waals surface area contributed by atoms with Gasteiger partial charge in [0.05, 0.1) is 5.25 Å². The lowest BCUT2D eigenvalue weighted by molar-refractivity contribution is 0.390. The molecule has 0 amide bonds. The first kappa shape index (κ1) is 16.5. The first-order valence-corrected chi connectivity index (χ1v) is 10.2. The summed E-state index contributed by atoms with van der Waals surface area (Å²) < 4.78 is 13.1. The van der Waals surface area contributed by atoms with Gasteiger partial charge in [-0.2, -0.15) is 0 Å². The number of hydrogen-bond acceptors (Lipinski definition) is 2. The fraction of sp³-hybridized carbons (Fsp3) is 1.00. The van der Waals surface area contributed by atoms with Crippen molar-refractivity contribution in [2.45, 2.75) is 101 Å². The van der Waals surface area contributed by atoms with Crippen molar-refractivity contribution in [3.05, 3.63) is 0 Å². The standard InChI is InChI=1S/C17H33NOS/c1-2-14-18-16-12-8-3-4-9-13-17(16)20(19)15-10-6-5-7-11-15/h15-18H,2-14H2,1H3. The molecule has 2 aliphatic rings. The van der Waals surface area contributed by atoms with Gasteiger partial charge in [0.2, 0.25) is 0 Å². The molecule has 0 aromatic carbocycles. The van der Waals surface area contributed by atoms with E-state index in [9.17, 15) is 4.21 Å². The third-order valence-corrected chi connectivity index (χ3v) is 7.33. The van der Waals surface area contributed by atoms with Gasteiger partial charge in [-0.05, 0) is 38.6 Å². The molecule has 0 spiro atoms. The molecule has 3 heteroatoms. The van der Waals surface area contributed by atoms with E-state index in [1.54, 1.807) is 0 Å². The minimum absolute atomic E-state index is 0.421. The van der Waals surface area contributed by atoms with E-state index in [0.717, 1.165) is 6.54 Å². The summed E-state index contributed by atoms with van der Waals surface area (Å²) in [4.78, 5) is 0. The minimum atomic E-state index is -0.608. The molecule has 2 rings (SSSR count). The molecule has 1 N–H and O–H groups in total. The van der Waals surface area contributed by atoms with Gasteiger partial charge in [0.15, 0.2) is 0 Å². The fourth-order valence-corrected chi connectivity index (χ4v) is 6.08. The van der Waals surface area contributed by atoms with Crippen LogP contribution in [0.15, 0.2) is 0 Å². The molecule has 2 aliphatic carbocycles. The molecular weight excluding hydrogens is 266 g/mol. The summed E-state index contributed by atoms with van der Waals surface area (Å²) >= 11 is 0. The molecule has 0 radical (unpaired) electrons. The van der Waals surface area contributed by atoms with Crippen molar-refractivity contribution in [2.24, 2.45) is 0 Å². The van der Waals surface area contributed by atoms with Crippen LogP contribution in [0.1, 0.15) is 84.0 Å². The Hall–Kier alpha value is 0.110. The lowest BCUT2D eigenvalue weighted by Gasteiger charge is -2.33. The monoisotopic (exact) mass is 299 g/mol. The molecule has 118 valence electrons. The SMILES string of the molecule is CCCNC1CCCCCCC1S(=O)C1CCCCC1. The Bertz CT molecular complexity index is 287. The van der Waals surface area contributed by atoms with Crippen molar-refractivity contribution < 1.29 is 4.21 Å². The van der Waals surface area contributed by atoms with Gasteiger partial charge in [0.1, 0.15) is 0 Å². The molecule has 20 heavy (non-hydrogen) atoms. The molecule has 3 unspecified atom stereocenters. The molecule has 3 atom stereocenters. The highest BCUT2D eigenvalue weighted by Gasteiger charge is 2.32. The van der Waals surface area contributed by atoms with Crippen LogP contribution in [-0.2, 0) is 10.8 Å². The molecule has 0 heterocycles. The van der Waals surface area contributed by atoms with E-state index in [0.29, 0.717) is 16.5 Å².